The van der Waals surface area contributed by atoms with Gasteiger partial charge < -0.3 is 15.0 Å². The predicted octanol–water partition coefficient (Wildman–Crippen LogP) is 4.67. The first-order chi connectivity index (χ1) is 14.1. The van der Waals surface area contributed by atoms with Crippen LogP contribution < -0.4 is 10.2 Å². The summed E-state index contributed by atoms with van der Waals surface area (Å²) in [6, 6.07) is 13.0. The summed E-state index contributed by atoms with van der Waals surface area (Å²) in [5.74, 6) is 1.17. The van der Waals surface area contributed by atoms with Crippen LogP contribution in [0.5, 0.6) is 0 Å². The molecule has 150 valence electrons. The third-order valence-corrected chi connectivity index (χ3v) is 5.35. The normalized spacial score (nSPS) is 14.1. The van der Waals surface area contributed by atoms with Gasteiger partial charge >= 0.3 is 5.97 Å². The molecular formula is C22H23ClN4O2. The SMILES string of the molecule is COC(=O)c1ccc(CNc2nc(N3CCCCC3)nc3ccc(Cl)cc23)cc1. The number of nitrogens with one attached hydrogen (secondary N) is 1. The summed E-state index contributed by atoms with van der Waals surface area (Å²) < 4.78 is 4.75. The summed E-state index contributed by atoms with van der Waals surface area (Å²) in [6.45, 7) is 2.53. The summed E-state index contributed by atoms with van der Waals surface area (Å²) in [4.78, 5) is 23.4. The number of hydrogen-bond donors (Lipinski definition) is 1. The molecule has 2 heterocycles. The van der Waals surface area contributed by atoms with E-state index in [4.69, 9.17) is 26.3 Å². The van der Waals surface area contributed by atoms with Crippen molar-refractivity contribution in [3.8, 4) is 0 Å². The number of benzene rings is 2. The lowest BCUT2D eigenvalue weighted by molar-refractivity contribution is 0.0600. The number of carbonyl (C=O) groups excluding carboxylic acids is 1. The molecular weight excluding hydrogens is 388 g/mol. The molecule has 0 bridgehead atoms. The number of hydrogen-bond acceptors (Lipinski definition) is 6. The van der Waals surface area contributed by atoms with Crippen LogP contribution in [-0.4, -0.2) is 36.1 Å². The van der Waals surface area contributed by atoms with Crippen molar-refractivity contribution < 1.29 is 9.53 Å². The van der Waals surface area contributed by atoms with Gasteiger partial charge in [0.25, 0.3) is 0 Å². The Balaban J connectivity index is 1.60. The number of halogens is 1. The minimum absolute atomic E-state index is 0.341. The highest BCUT2D eigenvalue weighted by Crippen LogP contribution is 2.28. The van der Waals surface area contributed by atoms with Crippen LogP contribution in [0, 0.1) is 0 Å². The first-order valence-electron chi connectivity index (χ1n) is 9.77. The fourth-order valence-electron chi connectivity index (χ4n) is 3.52. The summed E-state index contributed by atoms with van der Waals surface area (Å²) in [6.07, 6.45) is 3.58. The average molecular weight is 411 g/mol. The molecule has 1 aliphatic heterocycles. The van der Waals surface area contributed by atoms with E-state index < -0.39 is 0 Å². The number of aromatic nitrogens is 2. The highest BCUT2D eigenvalue weighted by Gasteiger charge is 2.16. The maximum Gasteiger partial charge on any atom is 0.337 e. The van der Waals surface area contributed by atoms with Crippen molar-refractivity contribution in [2.75, 3.05) is 30.4 Å². The molecule has 0 atom stereocenters. The maximum absolute atomic E-state index is 11.6. The molecule has 0 radical (unpaired) electrons. The molecule has 4 rings (SSSR count). The molecule has 29 heavy (non-hydrogen) atoms. The molecule has 1 N–H and O–H groups in total. The van der Waals surface area contributed by atoms with Crippen molar-refractivity contribution >= 4 is 40.2 Å². The molecule has 0 aliphatic carbocycles. The van der Waals surface area contributed by atoms with Gasteiger partial charge in [0.2, 0.25) is 5.95 Å². The maximum atomic E-state index is 11.6. The van der Waals surface area contributed by atoms with Crippen molar-refractivity contribution in [1.29, 1.82) is 0 Å². The van der Waals surface area contributed by atoms with Gasteiger partial charge in [-0.1, -0.05) is 23.7 Å². The fraction of sp³-hybridized carbons (Fsp3) is 0.318. The Morgan fingerprint density at radius 1 is 1.10 bits per heavy atom. The van der Waals surface area contributed by atoms with Crippen LogP contribution in [0.1, 0.15) is 35.2 Å². The summed E-state index contributed by atoms with van der Waals surface area (Å²) in [5.41, 5.74) is 2.43. The van der Waals surface area contributed by atoms with Crippen molar-refractivity contribution in [3.05, 3.63) is 58.6 Å². The Labute approximate surface area is 174 Å². The van der Waals surface area contributed by atoms with Crippen molar-refractivity contribution in [1.82, 2.24) is 9.97 Å². The van der Waals surface area contributed by atoms with Crippen molar-refractivity contribution in [3.63, 3.8) is 0 Å². The second-order valence-electron chi connectivity index (χ2n) is 7.12. The van der Waals surface area contributed by atoms with Crippen LogP contribution in [0.3, 0.4) is 0 Å². The number of ether oxygens (including phenoxy) is 1. The van der Waals surface area contributed by atoms with Crippen LogP contribution in [0.2, 0.25) is 5.02 Å². The molecule has 7 heteroatoms. The lowest BCUT2D eigenvalue weighted by Gasteiger charge is -2.27. The molecule has 1 saturated heterocycles. The second-order valence-corrected chi connectivity index (χ2v) is 7.56. The average Bonchev–Trinajstić information content (AvgIpc) is 2.78. The van der Waals surface area contributed by atoms with Gasteiger partial charge in [0.05, 0.1) is 18.2 Å². The van der Waals surface area contributed by atoms with Gasteiger partial charge in [-0.05, 0) is 55.2 Å². The Morgan fingerprint density at radius 2 is 1.86 bits per heavy atom. The van der Waals surface area contributed by atoms with Crippen LogP contribution >= 0.6 is 11.6 Å². The number of rotatable bonds is 5. The van der Waals surface area contributed by atoms with E-state index in [9.17, 15) is 4.79 Å². The van der Waals surface area contributed by atoms with Crippen LogP contribution in [0.15, 0.2) is 42.5 Å². The Kier molecular flexibility index (Phi) is 5.81. The van der Waals surface area contributed by atoms with Crippen LogP contribution in [-0.2, 0) is 11.3 Å². The number of piperidine rings is 1. The minimum atomic E-state index is -0.341. The standard InChI is InChI=1S/C22H23ClN4O2/c1-29-21(28)16-7-5-15(6-8-16)14-24-20-18-13-17(23)9-10-19(18)25-22(26-20)27-11-3-2-4-12-27/h5-10,13H,2-4,11-12,14H2,1H3,(H,24,25,26). The van der Waals surface area contributed by atoms with Gasteiger partial charge in [-0.15, -0.1) is 0 Å². The Hall–Kier alpha value is -2.86. The quantitative estimate of drug-likeness (QED) is 0.616. The topological polar surface area (TPSA) is 67.3 Å². The molecule has 3 aromatic rings. The monoisotopic (exact) mass is 410 g/mol. The summed E-state index contributed by atoms with van der Waals surface area (Å²) in [7, 11) is 1.38. The summed E-state index contributed by atoms with van der Waals surface area (Å²) >= 11 is 6.22. The van der Waals surface area contributed by atoms with Gasteiger partial charge in [0.15, 0.2) is 0 Å². The van der Waals surface area contributed by atoms with E-state index >= 15 is 0 Å². The zero-order valence-electron chi connectivity index (χ0n) is 16.3. The van der Waals surface area contributed by atoms with Gasteiger partial charge in [0.1, 0.15) is 5.82 Å². The lowest BCUT2D eigenvalue weighted by atomic mass is 10.1. The first-order valence-corrected chi connectivity index (χ1v) is 10.2. The largest absolute Gasteiger partial charge is 0.465 e. The first kappa shape index (κ1) is 19.5. The number of nitrogens with zero attached hydrogens (tertiary/aromatic N) is 3. The van der Waals surface area contributed by atoms with E-state index in [1.807, 2.05) is 30.3 Å². The van der Waals surface area contributed by atoms with Gasteiger partial charge in [-0.25, -0.2) is 9.78 Å². The molecule has 0 amide bonds. The van der Waals surface area contributed by atoms with Gasteiger partial charge in [0, 0.05) is 30.0 Å². The zero-order chi connectivity index (χ0) is 20.2. The van der Waals surface area contributed by atoms with E-state index in [2.05, 4.69) is 10.2 Å². The smallest absolute Gasteiger partial charge is 0.337 e. The number of anilines is 2. The van der Waals surface area contributed by atoms with E-state index in [1.165, 1.54) is 13.5 Å². The fourth-order valence-corrected chi connectivity index (χ4v) is 3.69. The minimum Gasteiger partial charge on any atom is -0.465 e. The predicted molar refractivity (Wildman–Crippen MR) is 116 cm³/mol. The highest BCUT2D eigenvalue weighted by atomic mass is 35.5. The molecule has 1 fully saturated rings. The molecule has 1 aromatic heterocycles. The van der Waals surface area contributed by atoms with E-state index in [-0.39, 0.29) is 5.97 Å². The zero-order valence-corrected chi connectivity index (χ0v) is 17.1. The Bertz CT molecular complexity index is 1020. The Morgan fingerprint density at radius 3 is 2.59 bits per heavy atom. The molecule has 0 saturated carbocycles. The lowest BCUT2D eigenvalue weighted by Crippen LogP contribution is -2.31. The van der Waals surface area contributed by atoms with E-state index in [0.717, 1.165) is 54.2 Å². The van der Waals surface area contributed by atoms with Crippen LogP contribution in [0.25, 0.3) is 10.9 Å². The second kappa shape index (κ2) is 8.66. The third kappa shape index (κ3) is 4.43. The summed E-state index contributed by atoms with van der Waals surface area (Å²) in [5, 5.41) is 4.96. The molecule has 2 aromatic carbocycles. The number of methoxy groups -OCH3 is 1. The van der Waals surface area contributed by atoms with E-state index in [0.29, 0.717) is 17.1 Å². The van der Waals surface area contributed by atoms with Crippen LogP contribution in [0.4, 0.5) is 11.8 Å². The number of fused-ring (bicyclic) bond motifs is 1. The highest BCUT2D eigenvalue weighted by molar-refractivity contribution is 6.31. The molecule has 0 spiro atoms. The van der Waals surface area contributed by atoms with Crippen molar-refractivity contribution in [2.45, 2.75) is 25.8 Å². The number of carbonyl (C=O) groups is 1. The third-order valence-electron chi connectivity index (χ3n) is 5.12. The van der Waals surface area contributed by atoms with Gasteiger partial charge in [-0.2, -0.15) is 4.98 Å². The van der Waals surface area contributed by atoms with E-state index in [1.54, 1.807) is 12.1 Å². The van der Waals surface area contributed by atoms with Crippen molar-refractivity contribution in [2.24, 2.45) is 0 Å². The molecule has 0 unspecified atom stereocenters. The molecule has 6 nitrogen and oxygen atoms in total. The van der Waals surface area contributed by atoms with Gasteiger partial charge in [-0.3, -0.25) is 0 Å². The number of esters is 1. The molecule has 1 aliphatic rings.